The van der Waals surface area contributed by atoms with Crippen molar-refractivity contribution in [2.45, 2.75) is 102 Å². The van der Waals surface area contributed by atoms with E-state index >= 15 is 0 Å². The number of nitrogens with zero attached hydrogens (tertiary/aromatic N) is 2. The van der Waals surface area contributed by atoms with Crippen molar-refractivity contribution < 1.29 is 32.6 Å². The lowest BCUT2D eigenvalue weighted by Gasteiger charge is -2.45. The SMILES string of the molecule is CCO[C@@H]1C[C@H]2CN(C(=O)[C@@H](NC(=O)[C@H](C)CC)C3CCC(F)(F)CC3)[C@H](C(=O)N[C@@H]3CCOc4ccccc43)CN2C1.Cl.Cl. The van der Waals surface area contributed by atoms with Gasteiger partial charge >= 0.3 is 0 Å². The van der Waals surface area contributed by atoms with E-state index in [0.29, 0.717) is 45.7 Å². The average molecular weight is 678 g/mol. The van der Waals surface area contributed by atoms with E-state index in [9.17, 15) is 23.2 Å². The van der Waals surface area contributed by atoms with Crippen molar-refractivity contribution in [3.63, 3.8) is 0 Å². The van der Waals surface area contributed by atoms with Gasteiger partial charge in [0.1, 0.15) is 17.8 Å². The largest absolute Gasteiger partial charge is 0.493 e. The van der Waals surface area contributed by atoms with E-state index in [0.717, 1.165) is 17.7 Å². The van der Waals surface area contributed by atoms with Crippen molar-refractivity contribution in [2.75, 3.05) is 32.8 Å². The fourth-order valence-corrected chi connectivity index (χ4v) is 7.05. The van der Waals surface area contributed by atoms with Gasteiger partial charge in [0.05, 0.1) is 18.8 Å². The molecule has 13 heteroatoms. The van der Waals surface area contributed by atoms with Gasteiger partial charge in [0.2, 0.25) is 23.6 Å². The first-order valence-electron chi connectivity index (χ1n) is 16.0. The van der Waals surface area contributed by atoms with Gasteiger partial charge in [-0.1, -0.05) is 32.0 Å². The van der Waals surface area contributed by atoms with Gasteiger partial charge in [-0.15, -0.1) is 24.8 Å². The molecule has 254 valence electrons. The van der Waals surface area contributed by atoms with E-state index in [2.05, 4.69) is 15.5 Å². The summed E-state index contributed by atoms with van der Waals surface area (Å²) in [6, 6.07) is 5.60. The van der Waals surface area contributed by atoms with Gasteiger partial charge in [-0.2, -0.15) is 0 Å². The molecule has 0 aromatic heterocycles. The number of carbonyl (C=O) groups excluding carboxylic acids is 3. The maximum atomic E-state index is 14.5. The molecule has 3 heterocycles. The first kappa shape index (κ1) is 37.2. The fraction of sp³-hybridized carbons (Fsp3) is 0.719. The standard InChI is InChI=1S/C32H46F2N4O5.2ClH/c1-4-20(3)29(39)36-28(21-10-13-32(33,34)14-11-21)31(41)38-17-22-16-23(42-5-2)18-37(22)19-26(38)30(40)35-25-12-15-43-27-9-7-6-8-24(25)27;;/h6-9,20-23,25-26,28H,4-5,10-19H2,1-3H3,(H,35,40)(H,36,39);2*1H/t20-,22+,23-,25-,26+,28+;;/m1../s1. The molecule has 3 fully saturated rings. The van der Waals surface area contributed by atoms with Crippen LogP contribution < -0.4 is 15.4 Å². The number of carbonyl (C=O) groups is 3. The minimum absolute atomic E-state index is 0. The summed E-state index contributed by atoms with van der Waals surface area (Å²) in [4.78, 5) is 45.5. The second kappa shape index (κ2) is 16.1. The van der Waals surface area contributed by atoms with Crippen LogP contribution >= 0.6 is 24.8 Å². The van der Waals surface area contributed by atoms with Gasteiger partial charge in [0.15, 0.2) is 0 Å². The highest BCUT2D eigenvalue weighted by Gasteiger charge is 2.48. The zero-order chi connectivity index (χ0) is 30.7. The number of para-hydroxylation sites is 1. The van der Waals surface area contributed by atoms with Crippen molar-refractivity contribution >= 4 is 42.5 Å². The minimum Gasteiger partial charge on any atom is -0.493 e. The minimum atomic E-state index is -2.77. The summed E-state index contributed by atoms with van der Waals surface area (Å²) in [7, 11) is 0. The number of piperazine rings is 1. The molecule has 45 heavy (non-hydrogen) atoms. The molecule has 0 spiro atoms. The van der Waals surface area contributed by atoms with Crippen LogP contribution in [0.25, 0.3) is 0 Å². The fourth-order valence-electron chi connectivity index (χ4n) is 7.05. The highest BCUT2D eigenvalue weighted by atomic mass is 35.5. The summed E-state index contributed by atoms with van der Waals surface area (Å²) < 4.78 is 39.9. The van der Waals surface area contributed by atoms with Crippen LogP contribution in [0.15, 0.2) is 24.3 Å². The second-order valence-corrected chi connectivity index (χ2v) is 12.7. The van der Waals surface area contributed by atoms with Crippen LogP contribution in [0.2, 0.25) is 0 Å². The number of fused-ring (bicyclic) bond motifs is 2. The van der Waals surface area contributed by atoms with Gasteiger partial charge in [-0.25, -0.2) is 8.78 Å². The molecule has 2 saturated heterocycles. The average Bonchev–Trinajstić information content (AvgIpc) is 3.40. The van der Waals surface area contributed by atoms with Crippen LogP contribution in [0.1, 0.15) is 77.3 Å². The number of nitrogens with one attached hydrogen (secondary N) is 2. The number of hydrogen-bond donors (Lipinski definition) is 2. The third-order valence-electron chi connectivity index (χ3n) is 9.80. The van der Waals surface area contributed by atoms with Crippen LogP contribution in [0.4, 0.5) is 8.78 Å². The van der Waals surface area contributed by atoms with Gasteiger partial charge in [0.25, 0.3) is 0 Å². The number of hydrogen-bond acceptors (Lipinski definition) is 6. The Labute approximate surface area is 277 Å². The highest BCUT2D eigenvalue weighted by Crippen LogP contribution is 2.39. The van der Waals surface area contributed by atoms with E-state index in [1.54, 1.807) is 11.8 Å². The Morgan fingerprint density at radius 2 is 1.78 bits per heavy atom. The molecule has 2 N–H and O–H groups in total. The molecule has 0 bridgehead atoms. The molecule has 1 aromatic carbocycles. The summed E-state index contributed by atoms with van der Waals surface area (Å²) in [5, 5.41) is 6.13. The zero-order valence-corrected chi connectivity index (χ0v) is 28.0. The molecule has 5 rings (SSSR count). The molecular formula is C32H48Cl2F2N4O5. The topological polar surface area (TPSA) is 100 Å². The Morgan fingerprint density at radius 1 is 1.07 bits per heavy atom. The van der Waals surface area contributed by atoms with E-state index in [1.807, 2.05) is 38.1 Å². The Hall–Kier alpha value is -2.21. The monoisotopic (exact) mass is 676 g/mol. The molecule has 1 aromatic rings. The summed E-state index contributed by atoms with van der Waals surface area (Å²) in [5.41, 5.74) is 0.896. The van der Waals surface area contributed by atoms with Crippen molar-refractivity contribution in [3.8, 4) is 5.75 Å². The number of ether oxygens (including phenoxy) is 2. The van der Waals surface area contributed by atoms with Crippen molar-refractivity contribution in [3.05, 3.63) is 29.8 Å². The number of benzene rings is 1. The third-order valence-corrected chi connectivity index (χ3v) is 9.80. The molecule has 1 saturated carbocycles. The highest BCUT2D eigenvalue weighted by molar-refractivity contribution is 5.93. The van der Waals surface area contributed by atoms with Crippen LogP contribution in [0, 0.1) is 11.8 Å². The summed E-state index contributed by atoms with van der Waals surface area (Å²) in [5.74, 6) is -3.69. The van der Waals surface area contributed by atoms with E-state index < -0.39 is 23.9 Å². The molecule has 9 nitrogen and oxygen atoms in total. The van der Waals surface area contributed by atoms with Crippen LogP contribution in [-0.4, -0.2) is 90.5 Å². The number of alkyl halides is 2. The predicted molar refractivity (Wildman–Crippen MR) is 171 cm³/mol. The second-order valence-electron chi connectivity index (χ2n) is 12.7. The number of halogens is 4. The molecule has 6 atom stereocenters. The lowest BCUT2D eigenvalue weighted by atomic mass is 9.81. The molecule has 1 aliphatic carbocycles. The van der Waals surface area contributed by atoms with Gasteiger partial charge < -0.3 is 25.0 Å². The third kappa shape index (κ3) is 8.58. The van der Waals surface area contributed by atoms with Crippen LogP contribution in [0.3, 0.4) is 0 Å². The summed E-state index contributed by atoms with van der Waals surface area (Å²) >= 11 is 0. The molecule has 3 aliphatic heterocycles. The van der Waals surface area contributed by atoms with Gasteiger partial charge in [-0.3, -0.25) is 19.3 Å². The van der Waals surface area contributed by atoms with Crippen molar-refractivity contribution in [2.24, 2.45) is 11.8 Å². The smallest absolute Gasteiger partial charge is 0.248 e. The van der Waals surface area contributed by atoms with Crippen LogP contribution in [-0.2, 0) is 19.1 Å². The summed E-state index contributed by atoms with van der Waals surface area (Å²) in [6.45, 7) is 8.01. The molecule has 0 unspecified atom stereocenters. The maximum Gasteiger partial charge on any atom is 0.248 e. The van der Waals surface area contributed by atoms with Gasteiger partial charge in [0, 0.05) is 63.0 Å². The molecule has 4 aliphatic rings. The van der Waals surface area contributed by atoms with E-state index in [1.165, 1.54) is 0 Å². The predicted octanol–water partition coefficient (Wildman–Crippen LogP) is 4.52. The van der Waals surface area contributed by atoms with Crippen molar-refractivity contribution in [1.82, 2.24) is 20.4 Å². The molecule has 0 radical (unpaired) electrons. The molecular weight excluding hydrogens is 629 g/mol. The van der Waals surface area contributed by atoms with Crippen LogP contribution in [0.5, 0.6) is 5.75 Å². The number of amides is 3. The number of rotatable bonds is 9. The first-order valence-corrected chi connectivity index (χ1v) is 16.0. The zero-order valence-electron chi connectivity index (χ0n) is 26.3. The lowest BCUT2D eigenvalue weighted by Crippen LogP contribution is -2.66. The normalized spacial score (nSPS) is 27.4. The van der Waals surface area contributed by atoms with Crippen molar-refractivity contribution in [1.29, 1.82) is 0 Å². The molecule has 3 amide bonds. The Morgan fingerprint density at radius 3 is 2.47 bits per heavy atom. The maximum absolute atomic E-state index is 14.5. The Balaban J connectivity index is 0.00000276. The summed E-state index contributed by atoms with van der Waals surface area (Å²) in [6.07, 6.45) is 1.57. The van der Waals surface area contributed by atoms with Gasteiger partial charge in [-0.05, 0) is 44.6 Å². The van der Waals surface area contributed by atoms with E-state index in [4.69, 9.17) is 9.47 Å². The van der Waals surface area contributed by atoms with E-state index in [-0.39, 0.29) is 92.3 Å². The first-order chi connectivity index (χ1) is 20.6. The Kier molecular flexibility index (Phi) is 13.3. The Bertz CT molecular complexity index is 1170. The quantitative estimate of drug-likeness (QED) is 0.399. The lowest BCUT2D eigenvalue weighted by molar-refractivity contribution is -0.150.